The molecule has 2 aromatic rings. The summed E-state index contributed by atoms with van der Waals surface area (Å²) in [7, 11) is 0. The molecule has 1 aliphatic rings. The van der Waals surface area contributed by atoms with E-state index in [4.69, 9.17) is 0 Å². The Balaban J connectivity index is 1.72. The zero-order chi connectivity index (χ0) is 19.4. The smallest absolute Gasteiger partial charge is 0.274 e. The average Bonchev–Trinajstić information content (AvgIpc) is 2.67. The van der Waals surface area contributed by atoms with E-state index in [2.05, 4.69) is 10.3 Å². The molecule has 140 valence electrons. The molecule has 0 atom stereocenters. The highest BCUT2D eigenvalue weighted by Gasteiger charge is 2.22. The Bertz CT molecular complexity index is 853. The molecule has 1 aromatic carbocycles. The minimum Gasteiger partial charge on any atom is -0.342 e. The molecular weight excluding hydrogens is 344 g/mol. The molecule has 1 N–H and O–H groups in total. The highest BCUT2D eigenvalue weighted by molar-refractivity contribution is 6.04. The number of anilines is 1. The van der Waals surface area contributed by atoms with Crippen LogP contribution in [0.3, 0.4) is 0 Å². The largest absolute Gasteiger partial charge is 0.342 e. The van der Waals surface area contributed by atoms with Crippen LogP contribution >= 0.6 is 0 Å². The number of carbonyl (C=O) groups excluding carboxylic acids is 3. The number of rotatable bonds is 4. The summed E-state index contributed by atoms with van der Waals surface area (Å²) in [6.07, 6.45) is 2.26. The van der Waals surface area contributed by atoms with Gasteiger partial charge in [0, 0.05) is 43.6 Å². The van der Waals surface area contributed by atoms with Crippen molar-refractivity contribution in [3.63, 3.8) is 0 Å². The Kier molecular flexibility index (Phi) is 5.49. The Morgan fingerprint density at radius 3 is 2.33 bits per heavy atom. The lowest BCUT2D eigenvalue weighted by Gasteiger charge is -2.32. The van der Waals surface area contributed by atoms with Crippen LogP contribution in [0.2, 0.25) is 0 Å². The molecule has 1 aromatic heterocycles. The SMILES string of the molecule is Cc1cc(C)cc(NC(=O)c2cc(C(=O)N3CCN(C=O)CC3)ccn2)c1. The zero-order valence-electron chi connectivity index (χ0n) is 15.4. The second-order valence-electron chi connectivity index (χ2n) is 6.69. The summed E-state index contributed by atoms with van der Waals surface area (Å²) in [5.41, 5.74) is 3.40. The van der Waals surface area contributed by atoms with Crippen molar-refractivity contribution in [2.45, 2.75) is 13.8 Å². The number of hydrogen-bond donors (Lipinski definition) is 1. The maximum Gasteiger partial charge on any atom is 0.274 e. The number of nitrogens with one attached hydrogen (secondary N) is 1. The van der Waals surface area contributed by atoms with E-state index in [9.17, 15) is 14.4 Å². The maximum atomic E-state index is 12.7. The lowest BCUT2D eigenvalue weighted by Crippen LogP contribution is -2.48. The zero-order valence-corrected chi connectivity index (χ0v) is 15.4. The predicted octanol–water partition coefficient (Wildman–Crippen LogP) is 1.86. The number of amides is 3. The molecule has 1 fully saturated rings. The summed E-state index contributed by atoms with van der Waals surface area (Å²) in [4.78, 5) is 43.4. The van der Waals surface area contributed by atoms with Gasteiger partial charge in [0.2, 0.25) is 6.41 Å². The number of aryl methyl sites for hydroxylation is 2. The van der Waals surface area contributed by atoms with Gasteiger partial charge in [0.05, 0.1) is 0 Å². The Labute approximate surface area is 158 Å². The summed E-state index contributed by atoms with van der Waals surface area (Å²) in [6.45, 7) is 5.91. The van der Waals surface area contributed by atoms with Gasteiger partial charge in [-0.1, -0.05) is 6.07 Å². The van der Waals surface area contributed by atoms with Crippen molar-refractivity contribution < 1.29 is 14.4 Å². The standard InChI is InChI=1S/C20H22N4O3/c1-14-9-15(2)11-17(10-14)22-19(26)18-12-16(3-4-21-18)20(27)24-7-5-23(13-25)6-8-24/h3-4,9-13H,5-8H2,1-2H3,(H,22,26). The fourth-order valence-electron chi connectivity index (χ4n) is 3.14. The fourth-order valence-corrected chi connectivity index (χ4v) is 3.14. The molecular formula is C20H22N4O3. The lowest BCUT2D eigenvalue weighted by molar-refractivity contribution is -0.119. The number of carbonyl (C=O) groups is 3. The van der Waals surface area contributed by atoms with Crippen LogP contribution in [0.4, 0.5) is 5.69 Å². The van der Waals surface area contributed by atoms with Crippen LogP contribution in [0.5, 0.6) is 0 Å². The van der Waals surface area contributed by atoms with Crippen molar-refractivity contribution in [3.8, 4) is 0 Å². The summed E-state index contributed by atoms with van der Waals surface area (Å²) < 4.78 is 0. The van der Waals surface area contributed by atoms with Crippen molar-refractivity contribution in [1.82, 2.24) is 14.8 Å². The third-order valence-electron chi connectivity index (χ3n) is 4.47. The van der Waals surface area contributed by atoms with Crippen LogP contribution in [0.1, 0.15) is 32.0 Å². The number of benzene rings is 1. The molecule has 7 heteroatoms. The van der Waals surface area contributed by atoms with Gasteiger partial charge in [-0.25, -0.2) is 0 Å². The quantitative estimate of drug-likeness (QED) is 0.838. The molecule has 0 radical (unpaired) electrons. The van der Waals surface area contributed by atoms with Crippen LogP contribution in [0.15, 0.2) is 36.5 Å². The first-order valence-corrected chi connectivity index (χ1v) is 8.80. The fraction of sp³-hybridized carbons (Fsp3) is 0.300. The van der Waals surface area contributed by atoms with Gasteiger partial charge in [0.15, 0.2) is 0 Å². The molecule has 0 spiro atoms. The number of pyridine rings is 1. The third-order valence-corrected chi connectivity index (χ3v) is 4.47. The van der Waals surface area contributed by atoms with E-state index >= 15 is 0 Å². The van der Waals surface area contributed by atoms with Gasteiger partial charge < -0.3 is 15.1 Å². The van der Waals surface area contributed by atoms with Crippen LogP contribution < -0.4 is 5.32 Å². The summed E-state index contributed by atoms with van der Waals surface area (Å²) in [5.74, 6) is -0.524. The highest BCUT2D eigenvalue weighted by Crippen LogP contribution is 2.15. The topological polar surface area (TPSA) is 82.6 Å². The van der Waals surface area contributed by atoms with Gasteiger partial charge in [-0.3, -0.25) is 19.4 Å². The van der Waals surface area contributed by atoms with Crippen LogP contribution in [-0.2, 0) is 4.79 Å². The van der Waals surface area contributed by atoms with E-state index in [1.165, 1.54) is 12.3 Å². The molecule has 0 aliphatic carbocycles. The molecule has 0 unspecified atom stereocenters. The van der Waals surface area contributed by atoms with Crippen LogP contribution in [-0.4, -0.2) is 59.2 Å². The van der Waals surface area contributed by atoms with Crippen molar-refractivity contribution in [2.75, 3.05) is 31.5 Å². The van der Waals surface area contributed by atoms with Gasteiger partial charge in [0.25, 0.3) is 11.8 Å². The molecule has 1 aliphatic heterocycles. The van der Waals surface area contributed by atoms with E-state index in [0.29, 0.717) is 37.4 Å². The first-order valence-electron chi connectivity index (χ1n) is 8.80. The molecule has 2 heterocycles. The van der Waals surface area contributed by atoms with E-state index < -0.39 is 0 Å². The van der Waals surface area contributed by atoms with Crippen LogP contribution in [0.25, 0.3) is 0 Å². The van der Waals surface area contributed by atoms with E-state index in [1.807, 2.05) is 32.0 Å². The summed E-state index contributed by atoms with van der Waals surface area (Å²) in [6, 6.07) is 8.89. The predicted molar refractivity (Wildman–Crippen MR) is 102 cm³/mol. The summed E-state index contributed by atoms with van der Waals surface area (Å²) in [5, 5.41) is 2.83. The number of aromatic nitrogens is 1. The molecule has 7 nitrogen and oxygen atoms in total. The third kappa shape index (κ3) is 4.49. The molecule has 0 bridgehead atoms. The highest BCUT2D eigenvalue weighted by atomic mass is 16.2. The van der Waals surface area contributed by atoms with E-state index in [-0.39, 0.29) is 17.5 Å². The minimum atomic E-state index is -0.361. The van der Waals surface area contributed by atoms with Gasteiger partial charge in [-0.2, -0.15) is 0 Å². The van der Waals surface area contributed by atoms with Crippen molar-refractivity contribution in [3.05, 3.63) is 58.9 Å². The van der Waals surface area contributed by atoms with Gasteiger partial charge in [0.1, 0.15) is 5.69 Å². The maximum absolute atomic E-state index is 12.7. The average molecular weight is 366 g/mol. The molecule has 1 saturated heterocycles. The molecule has 3 amide bonds. The molecule has 3 rings (SSSR count). The van der Waals surface area contributed by atoms with Gasteiger partial charge in [-0.15, -0.1) is 0 Å². The van der Waals surface area contributed by atoms with Crippen molar-refractivity contribution >= 4 is 23.9 Å². The second-order valence-corrected chi connectivity index (χ2v) is 6.69. The first-order chi connectivity index (χ1) is 13.0. The first kappa shape index (κ1) is 18.6. The molecule has 27 heavy (non-hydrogen) atoms. The number of hydrogen-bond acceptors (Lipinski definition) is 4. The lowest BCUT2D eigenvalue weighted by atomic mass is 10.1. The van der Waals surface area contributed by atoms with Crippen molar-refractivity contribution in [1.29, 1.82) is 0 Å². The van der Waals surface area contributed by atoms with E-state index in [0.717, 1.165) is 17.5 Å². The summed E-state index contributed by atoms with van der Waals surface area (Å²) >= 11 is 0. The Morgan fingerprint density at radius 1 is 1.04 bits per heavy atom. The Morgan fingerprint density at radius 2 is 1.70 bits per heavy atom. The number of piperazine rings is 1. The Hall–Kier alpha value is -3.22. The van der Waals surface area contributed by atoms with Gasteiger partial charge in [-0.05, 0) is 49.2 Å². The monoisotopic (exact) mass is 366 g/mol. The number of nitrogens with zero attached hydrogens (tertiary/aromatic N) is 3. The molecule has 0 saturated carbocycles. The normalized spacial score (nSPS) is 14.0. The van der Waals surface area contributed by atoms with Gasteiger partial charge >= 0.3 is 0 Å². The van der Waals surface area contributed by atoms with E-state index in [1.54, 1.807) is 15.9 Å². The van der Waals surface area contributed by atoms with Crippen molar-refractivity contribution in [2.24, 2.45) is 0 Å². The second kappa shape index (κ2) is 7.99. The van der Waals surface area contributed by atoms with Crippen LogP contribution in [0, 0.1) is 13.8 Å². The minimum absolute atomic E-state index is 0.164.